The summed E-state index contributed by atoms with van der Waals surface area (Å²) >= 11 is 5.47. The van der Waals surface area contributed by atoms with Gasteiger partial charge in [-0.2, -0.15) is 0 Å². The van der Waals surface area contributed by atoms with Gasteiger partial charge in [0, 0.05) is 0 Å². The van der Waals surface area contributed by atoms with Gasteiger partial charge in [-0.05, 0) is 25.5 Å². The van der Waals surface area contributed by atoms with Crippen LogP contribution in [0.3, 0.4) is 0 Å². The molecular formula is C12H12ClFO4S. The largest absolute Gasteiger partial charge is 0.478 e. The fraction of sp³-hybridized carbons (Fsp3) is 0.250. The van der Waals surface area contributed by atoms with Crippen LogP contribution in [-0.2, 0) is 9.84 Å². The number of halogens is 2. The Balaban J connectivity index is 3.28. The quantitative estimate of drug-likeness (QED) is 0.849. The number of benzene rings is 1. The third-order valence-corrected chi connectivity index (χ3v) is 4.47. The van der Waals surface area contributed by atoms with Crippen LogP contribution in [0.15, 0.2) is 29.2 Å². The molecule has 4 nitrogen and oxygen atoms in total. The van der Waals surface area contributed by atoms with E-state index >= 15 is 0 Å². The monoisotopic (exact) mass is 306 g/mol. The smallest absolute Gasteiger partial charge is 0.337 e. The molecule has 7 heteroatoms. The molecule has 0 aliphatic rings. The van der Waals surface area contributed by atoms with Gasteiger partial charge in [-0.3, -0.25) is 0 Å². The van der Waals surface area contributed by atoms with Crippen LogP contribution in [0.2, 0.25) is 5.02 Å². The highest BCUT2D eigenvalue weighted by atomic mass is 35.5. The maximum atomic E-state index is 13.5. The Kier molecular flexibility index (Phi) is 4.70. The molecule has 1 rings (SSSR count). The van der Waals surface area contributed by atoms with Gasteiger partial charge in [-0.15, -0.1) is 6.58 Å². The van der Waals surface area contributed by atoms with Gasteiger partial charge in [-0.25, -0.2) is 17.6 Å². The molecule has 0 aliphatic carbocycles. The van der Waals surface area contributed by atoms with E-state index in [1.165, 1.54) is 0 Å². The van der Waals surface area contributed by atoms with Crippen molar-refractivity contribution >= 4 is 27.4 Å². The van der Waals surface area contributed by atoms with Crippen LogP contribution in [0, 0.1) is 5.82 Å². The van der Waals surface area contributed by atoms with E-state index in [0.29, 0.717) is 5.57 Å². The van der Waals surface area contributed by atoms with Crippen LogP contribution in [0.1, 0.15) is 23.7 Å². The summed E-state index contributed by atoms with van der Waals surface area (Å²) in [6.45, 7) is 5.24. The fourth-order valence-electron chi connectivity index (χ4n) is 1.33. The van der Waals surface area contributed by atoms with Gasteiger partial charge < -0.3 is 5.11 Å². The Labute approximate surface area is 115 Å². The van der Waals surface area contributed by atoms with Gasteiger partial charge in [0.1, 0.15) is 5.82 Å². The van der Waals surface area contributed by atoms with Crippen molar-refractivity contribution in [3.63, 3.8) is 0 Å². The molecule has 1 N–H and O–H groups in total. The molecule has 0 radical (unpaired) electrons. The number of rotatable bonds is 5. The van der Waals surface area contributed by atoms with Gasteiger partial charge >= 0.3 is 5.97 Å². The molecule has 1 aromatic rings. The highest BCUT2D eigenvalue weighted by Crippen LogP contribution is 2.25. The average Bonchev–Trinajstić information content (AvgIpc) is 2.29. The molecule has 0 saturated heterocycles. The minimum atomic E-state index is -3.77. The van der Waals surface area contributed by atoms with Crippen LogP contribution < -0.4 is 0 Å². The summed E-state index contributed by atoms with van der Waals surface area (Å²) in [7, 11) is -3.77. The SMILES string of the molecule is C=C(C)CCS(=O)(=O)c1cc(F)c(Cl)c(C(=O)O)c1. The van der Waals surface area contributed by atoms with E-state index in [0.717, 1.165) is 12.1 Å². The standard InChI is InChI=1S/C12H12ClFO4S/c1-7(2)3-4-19(17,18)8-5-9(12(15)16)11(13)10(14)6-8/h5-6H,1,3-4H2,2H3,(H,15,16). The zero-order valence-corrected chi connectivity index (χ0v) is 11.7. The van der Waals surface area contributed by atoms with Gasteiger partial charge in [0.05, 0.1) is 21.2 Å². The van der Waals surface area contributed by atoms with Crippen molar-refractivity contribution < 1.29 is 22.7 Å². The third kappa shape index (κ3) is 3.78. The van der Waals surface area contributed by atoms with Crippen molar-refractivity contribution in [2.24, 2.45) is 0 Å². The molecule has 104 valence electrons. The molecule has 0 spiro atoms. The molecule has 0 aromatic heterocycles. The first-order chi connectivity index (χ1) is 8.65. The van der Waals surface area contributed by atoms with E-state index in [4.69, 9.17) is 16.7 Å². The molecule has 1 aromatic carbocycles. The van der Waals surface area contributed by atoms with Gasteiger partial charge in [0.2, 0.25) is 0 Å². The summed E-state index contributed by atoms with van der Waals surface area (Å²) in [6.07, 6.45) is 0.217. The molecule has 19 heavy (non-hydrogen) atoms. The van der Waals surface area contributed by atoms with E-state index in [1.54, 1.807) is 6.92 Å². The van der Waals surface area contributed by atoms with Crippen molar-refractivity contribution in [2.45, 2.75) is 18.2 Å². The van der Waals surface area contributed by atoms with E-state index in [1.807, 2.05) is 0 Å². The minimum absolute atomic E-state index is 0.217. The van der Waals surface area contributed by atoms with Crippen molar-refractivity contribution in [1.29, 1.82) is 0 Å². The number of carbonyl (C=O) groups is 1. The summed E-state index contributed by atoms with van der Waals surface area (Å²) in [5.74, 6) is -2.82. The number of hydrogen-bond donors (Lipinski definition) is 1. The topological polar surface area (TPSA) is 71.4 Å². The maximum Gasteiger partial charge on any atom is 0.337 e. The van der Waals surface area contributed by atoms with Crippen LogP contribution >= 0.6 is 11.6 Å². The molecule has 0 saturated carbocycles. The van der Waals surface area contributed by atoms with E-state index in [2.05, 4.69) is 6.58 Å². The average molecular weight is 307 g/mol. The third-order valence-electron chi connectivity index (χ3n) is 2.39. The second-order valence-electron chi connectivity index (χ2n) is 4.10. The number of carboxylic acids is 1. The molecule has 0 fully saturated rings. The minimum Gasteiger partial charge on any atom is -0.478 e. The van der Waals surface area contributed by atoms with Crippen molar-refractivity contribution in [3.05, 3.63) is 40.7 Å². The highest BCUT2D eigenvalue weighted by molar-refractivity contribution is 7.91. The lowest BCUT2D eigenvalue weighted by Crippen LogP contribution is -2.10. The summed E-state index contributed by atoms with van der Waals surface area (Å²) in [6, 6.07) is 1.59. The number of aromatic carboxylic acids is 1. The lowest BCUT2D eigenvalue weighted by molar-refractivity contribution is 0.0696. The zero-order chi connectivity index (χ0) is 14.8. The molecule has 0 aliphatic heterocycles. The highest BCUT2D eigenvalue weighted by Gasteiger charge is 2.21. The second kappa shape index (κ2) is 5.71. The van der Waals surface area contributed by atoms with Gasteiger partial charge in [0.15, 0.2) is 9.84 Å². The summed E-state index contributed by atoms with van der Waals surface area (Å²) in [4.78, 5) is 10.5. The van der Waals surface area contributed by atoms with Crippen molar-refractivity contribution in [2.75, 3.05) is 5.75 Å². The van der Waals surface area contributed by atoms with Crippen molar-refractivity contribution in [3.8, 4) is 0 Å². The first-order valence-corrected chi connectivity index (χ1v) is 7.27. The number of hydrogen-bond acceptors (Lipinski definition) is 3. The first-order valence-electron chi connectivity index (χ1n) is 5.24. The molecule has 0 bridgehead atoms. The van der Waals surface area contributed by atoms with Crippen LogP contribution in [0.25, 0.3) is 0 Å². The molecule has 0 heterocycles. The zero-order valence-electron chi connectivity index (χ0n) is 10.1. The predicted octanol–water partition coefficient (Wildman–Crippen LogP) is 2.92. The Hall–Kier alpha value is -1.40. The maximum absolute atomic E-state index is 13.5. The number of allylic oxidation sites excluding steroid dienone is 1. The summed E-state index contributed by atoms with van der Waals surface area (Å²) < 4.78 is 37.3. The molecule has 0 amide bonds. The predicted molar refractivity (Wildman–Crippen MR) is 69.9 cm³/mol. The van der Waals surface area contributed by atoms with Gasteiger partial charge in [0.25, 0.3) is 0 Å². The van der Waals surface area contributed by atoms with E-state index in [9.17, 15) is 17.6 Å². The van der Waals surface area contributed by atoms with E-state index < -0.39 is 37.1 Å². The molecular weight excluding hydrogens is 295 g/mol. The van der Waals surface area contributed by atoms with Crippen LogP contribution in [0.5, 0.6) is 0 Å². The van der Waals surface area contributed by atoms with Crippen LogP contribution in [0.4, 0.5) is 4.39 Å². The number of sulfone groups is 1. The van der Waals surface area contributed by atoms with E-state index in [-0.39, 0.29) is 12.2 Å². The Bertz CT molecular complexity index is 637. The Morgan fingerprint density at radius 2 is 2.05 bits per heavy atom. The lowest BCUT2D eigenvalue weighted by atomic mass is 10.2. The van der Waals surface area contributed by atoms with Gasteiger partial charge in [-0.1, -0.05) is 17.2 Å². The first kappa shape index (κ1) is 15.7. The Morgan fingerprint density at radius 3 is 2.53 bits per heavy atom. The lowest BCUT2D eigenvalue weighted by Gasteiger charge is -2.07. The summed E-state index contributed by atoms with van der Waals surface area (Å²) in [5, 5.41) is 8.23. The second-order valence-corrected chi connectivity index (χ2v) is 6.58. The normalized spacial score (nSPS) is 11.3. The Morgan fingerprint density at radius 1 is 1.47 bits per heavy atom. The van der Waals surface area contributed by atoms with Crippen LogP contribution in [-0.4, -0.2) is 25.2 Å². The van der Waals surface area contributed by atoms with Crippen molar-refractivity contribution in [1.82, 2.24) is 0 Å². The molecule has 0 unspecified atom stereocenters. The number of carboxylic acid groups (broad SMARTS) is 1. The summed E-state index contributed by atoms with van der Waals surface area (Å²) in [5.41, 5.74) is 0.0898. The fourth-order valence-corrected chi connectivity index (χ4v) is 2.95. The molecule has 0 atom stereocenters.